The minimum Gasteiger partial charge on any atom is -0.507 e. The van der Waals surface area contributed by atoms with Gasteiger partial charge in [-0.25, -0.2) is 8.42 Å². The number of carbonyl (C=O) groups excluding carboxylic acids is 1. The summed E-state index contributed by atoms with van der Waals surface area (Å²) in [5.74, 6) is -0.190. The summed E-state index contributed by atoms with van der Waals surface area (Å²) in [7, 11) is -3.25. The number of phenols is 2. The molecule has 0 bridgehead atoms. The van der Waals surface area contributed by atoms with Crippen molar-refractivity contribution >= 4 is 15.7 Å². The normalized spacial score (nSPS) is 21.1. The molecule has 3 N–H and O–H groups in total. The van der Waals surface area contributed by atoms with Crippen LogP contribution in [-0.4, -0.2) is 63.8 Å². The highest BCUT2D eigenvalue weighted by atomic mass is 32.2. The van der Waals surface area contributed by atoms with Gasteiger partial charge >= 0.3 is 0 Å². The number of nitrogens with one attached hydrogen (secondary N) is 1. The number of H-pyrrole nitrogens is 1. The van der Waals surface area contributed by atoms with Crippen molar-refractivity contribution in [3.05, 3.63) is 58.8 Å². The van der Waals surface area contributed by atoms with E-state index in [2.05, 4.69) is 10.2 Å². The lowest BCUT2D eigenvalue weighted by molar-refractivity contribution is 0.0677. The number of rotatable bonds is 5. The van der Waals surface area contributed by atoms with Gasteiger partial charge in [0.25, 0.3) is 5.91 Å². The second kappa shape index (κ2) is 8.05. The lowest BCUT2D eigenvalue weighted by Gasteiger charge is -2.31. The van der Waals surface area contributed by atoms with Gasteiger partial charge in [-0.05, 0) is 50.1 Å². The summed E-state index contributed by atoms with van der Waals surface area (Å²) in [6.45, 7) is 4.03. The molecule has 3 aromatic rings. The number of amides is 1. The topological polar surface area (TPSA) is 133 Å². The smallest absolute Gasteiger partial charge is 0.273 e. The van der Waals surface area contributed by atoms with Crippen LogP contribution in [0.2, 0.25) is 0 Å². The number of ether oxygens (including phenoxy) is 1. The zero-order valence-corrected chi connectivity index (χ0v) is 19.6. The summed E-state index contributed by atoms with van der Waals surface area (Å²) in [6.07, 6.45) is 0.337. The number of aromatic hydroxyl groups is 2. The highest BCUT2D eigenvalue weighted by molar-refractivity contribution is 7.91. The number of benzene rings is 2. The molecule has 2 aliphatic heterocycles. The lowest BCUT2D eigenvalue weighted by Crippen LogP contribution is -2.40. The molecule has 34 heavy (non-hydrogen) atoms. The van der Waals surface area contributed by atoms with Gasteiger partial charge in [0, 0.05) is 17.2 Å². The average molecular weight is 484 g/mol. The van der Waals surface area contributed by atoms with Crippen LogP contribution in [0.5, 0.6) is 17.2 Å². The van der Waals surface area contributed by atoms with Crippen LogP contribution in [0, 0.1) is 6.92 Å². The molecule has 9 nitrogen and oxygen atoms in total. The van der Waals surface area contributed by atoms with Gasteiger partial charge in [0.05, 0.1) is 24.2 Å². The van der Waals surface area contributed by atoms with Crippen molar-refractivity contribution in [3.63, 3.8) is 0 Å². The van der Waals surface area contributed by atoms with Crippen molar-refractivity contribution in [1.29, 1.82) is 0 Å². The molecule has 3 heterocycles. The Hall–Kier alpha value is -3.53. The van der Waals surface area contributed by atoms with Gasteiger partial charge in [-0.3, -0.25) is 9.89 Å². The first-order chi connectivity index (χ1) is 16.2. The molecule has 1 saturated heterocycles. The zero-order valence-electron chi connectivity index (χ0n) is 18.8. The van der Waals surface area contributed by atoms with Crippen LogP contribution in [0.15, 0.2) is 36.4 Å². The maximum Gasteiger partial charge on any atom is 0.273 e. The quantitative estimate of drug-likeness (QED) is 0.508. The monoisotopic (exact) mass is 483 g/mol. The van der Waals surface area contributed by atoms with E-state index in [1.165, 1.54) is 6.07 Å². The number of hydrogen-bond donors (Lipinski definition) is 3. The number of carbonyl (C=O) groups is 1. The highest BCUT2D eigenvalue weighted by Gasteiger charge is 2.48. The van der Waals surface area contributed by atoms with Crippen molar-refractivity contribution in [2.45, 2.75) is 32.4 Å². The molecule has 5 rings (SSSR count). The summed E-state index contributed by atoms with van der Waals surface area (Å²) < 4.78 is 30.1. The third-order valence-electron chi connectivity index (χ3n) is 6.41. The fourth-order valence-electron chi connectivity index (χ4n) is 4.88. The van der Waals surface area contributed by atoms with Crippen LogP contribution in [0.1, 0.15) is 46.6 Å². The first-order valence-electron chi connectivity index (χ1n) is 11.1. The number of aromatic nitrogens is 2. The van der Waals surface area contributed by atoms with Crippen LogP contribution in [0.3, 0.4) is 0 Å². The number of phenolic OH excluding ortho intramolecular Hbond substituents is 2. The Kier molecular flexibility index (Phi) is 5.27. The number of hydrogen-bond acceptors (Lipinski definition) is 7. The number of sulfone groups is 1. The molecule has 0 saturated carbocycles. The van der Waals surface area contributed by atoms with Crippen molar-refractivity contribution in [2.75, 3.05) is 18.1 Å². The molecule has 0 aliphatic carbocycles. The summed E-state index contributed by atoms with van der Waals surface area (Å²) in [5, 5.41) is 28.0. The van der Waals surface area contributed by atoms with Crippen LogP contribution in [-0.2, 0) is 9.84 Å². The van der Waals surface area contributed by atoms with Gasteiger partial charge in [0.2, 0.25) is 0 Å². The first kappa shape index (κ1) is 22.3. The lowest BCUT2D eigenvalue weighted by atomic mass is 9.94. The van der Waals surface area contributed by atoms with E-state index < -0.39 is 21.9 Å². The maximum atomic E-state index is 13.6. The van der Waals surface area contributed by atoms with Gasteiger partial charge in [0.15, 0.2) is 21.3 Å². The van der Waals surface area contributed by atoms with Crippen molar-refractivity contribution in [3.8, 4) is 28.5 Å². The molecular weight excluding hydrogens is 458 g/mol. The molecular formula is C24H25N3O6S. The van der Waals surface area contributed by atoms with E-state index in [1.54, 1.807) is 42.2 Å². The van der Waals surface area contributed by atoms with E-state index in [4.69, 9.17) is 4.74 Å². The predicted molar refractivity (Wildman–Crippen MR) is 125 cm³/mol. The largest absolute Gasteiger partial charge is 0.507 e. The maximum absolute atomic E-state index is 13.6. The van der Waals surface area contributed by atoms with Gasteiger partial charge < -0.3 is 19.8 Å². The van der Waals surface area contributed by atoms with Gasteiger partial charge in [-0.2, -0.15) is 5.10 Å². The number of fused-ring (bicyclic) bond motifs is 1. The van der Waals surface area contributed by atoms with E-state index >= 15 is 0 Å². The van der Waals surface area contributed by atoms with E-state index in [1.807, 2.05) is 6.92 Å². The minimum absolute atomic E-state index is 0.0195. The van der Waals surface area contributed by atoms with E-state index in [0.29, 0.717) is 35.4 Å². The van der Waals surface area contributed by atoms with Gasteiger partial charge in [-0.1, -0.05) is 17.7 Å². The number of aryl methyl sites for hydroxylation is 1. The highest BCUT2D eigenvalue weighted by Crippen LogP contribution is 2.47. The van der Waals surface area contributed by atoms with Gasteiger partial charge in [-0.15, -0.1) is 0 Å². The molecule has 1 amide bonds. The van der Waals surface area contributed by atoms with E-state index in [-0.39, 0.29) is 40.4 Å². The Morgan fingerprint density at radius 2 is 1.94 bits per heavy atom. The molecule has 2 aliphatic rings. The number of nitrogens with zero attached hydrogens (tertiary/aromatic N) is 2. The van der Waals surface area contributed by atoms with Crippen LogP contribution in [0.25, 0.3) is 11.3 Å². The molecule has 1 fully saturated rings. The zero-order chi connectivity index (χ0) is 24.2. The van der Waals surface area contributed by atoms with Crippen LogP contribution >= 0.6 is 0 Å². The molecule has 2 aromatic carbocycles. The standard InChI is InChI=1S/C24H25N3O6S/c1-3-33-19-11-14(5-7-18(19)29)23-20-21(16-10-13(2)4-6-17(16)28)25-26-22(20)24(30)27(23)15-8-9-34(31,32)12-15/h4-7,10-11,15,23,28-29H,3,8-9,12H2,1-2H3,(H,25,26). The minimum atomic E-state index is -3.25. The SMILES string of the molecule is CCOc1cc(C2c3c(-c4cc(C)ccc4O)n[nH]c3C(=O)N2C2CCS(=O)(=O)C2)ccc1O. The van der Waals surface area contributed by atoms with Gasteiger partial charge in [0.1, 0.15) is 17.1 Å². The molecule has 2 atom stereocenters. The van der Waals surface area contributed by atoms with Crippen LogP contribution in [0.4, 0.5) is 0 Å². The summed E-state index contributed by atoms with van der Waals surface area (Å²) >= 11 is 0. The Balaban J connectivity index is 1.71. The second-order valence-corrected chi connectivity index (χ2v) is 10.9. The molecule has 0 radical (unpaired) electrons. The molecule has 0 spiro atoms. The Morgan fingerprint density at radius 3 is 2.65 bits per heavy atom. The summed E-state index contributed by atoms with van der Waals surface area (Å²) in [5.41, 5.74) is 3.27. The fourth-order valence-corrected chi connectivity index (χ4v) is 6.59. The third kappa shape index (κ3) is 3.58. The summed E-state index contributed by atoms with van der Waals surface area (Å²) in [6, 6.07) is 8.81. The third-order valence-corrected chi connectivity index (χ3v) is 8.16. The van der Waals surface area contributed by atoms with Crippen LogP contribution < -0.4 is 4.74 Å². The van der Waals surface area contributed by atoms with Crippen molar-refractivity contribution in [2.24, 2.45) is 0 Å². The molecule has 2 unspecified atom stereocenters. The Morgan fingerprint density at radius 1 is 1.18 bits per heavy atom. The van der Waals surface area contributed by atoms with E-state index in [9.17, 15) is 23.4 Å². The Labute approximate surface area is 196 Å². The average Bonchev–Trinajstić information content (AvgIpc) is 3.45. The van der Waals surface area contributed by atoms with Crippen molar-refractivity contribution in [1.82, 2.24) is 15.1 Å². The number of aromatic amines is 1. The predicted octanol–water partition coefficient (Wildman–Crippen LogP) is 2.93. The Bertz CT molecular complexity index is 1400. The fraction of sp³-hybridized carbons (Fsp3) is 0.333. The second-order valence-electron chi connectivity index (χ2n) is 8.71. The van der Waals surface area contributed by atoms with Crippen molar-refractivity contribution < 1.29 is 28.2 Å². The first-order valence-corrected chi connectivity index (χ1v) is 12.9. The molecule has 178 valence electrons. The molecule has 10 heteroatoms. The summed E-state index contributed by atoms with van der Waals surface area (Å²) in [4.78, 5) is 15.2. The molecule has 1 aromatic heterocycles. The van der Waals surface area contributed by atoms with E-state index in [0.717, 1.165) is 5.56 Å².